The Morgan fingerprint density at radius 2 is 1.91 bits per heavy atom. The van der Waals surface area contributed by atoms with E-state index >= 15 is 0 Å². The number of hydrogen-bond donors (Lipinski definition) is 2. The normalized spacial score (nSPS) is 17.8. The van der Waals surface area contributed by atoms with Crippen LogP contribution < -0.4 is 20.5 Å². The number of likely N-dealkylation sites (tertiary alicyclic amines) is 1. The number of ether oxygens (including phenoxy) is 1. The summed E-state index contributed by atoms with van der Waals surface area (Å²) in [6.07, 6.45) is 9.45. The Bertz CT molecular complexity index is 2000. The van der Waals surface area contributed by atoms with Crippen LogP contribution in [0.25, 0.3) is 27.6 Å². The van der Waals surface area contributed by atoms with Crippen molar-refractivity contribution in [3.05, 3.63) is 70.8 Å². The number of hydrogen-bond acceptors (Lipinski definition) is 8. The minimum atomic E-state index is -0.186. The molecule has 0 aliphatic carbocycles. The predicted octanol–water partition coefficient (Wildman–Crippen LogP) is 4.09. The van der Waals surface area contributed by atoms with E-state index in [0.717, 1.165) is 55.4 Å². The van der Waals surface area contributed by atoms with Gasteiger partial charge in [-0.3, -0.25) is 14.7 Å². The molecule has 12 nitrogen and oxygen atoms in total. The Morgan fingerprint density at radius 3 is 2.80 bits per heavy atom. The maximum Gasteiger partial charge on any atom is 0.278 e. The number of allylic oxidation sites excluding steroid dienone is 2. The summed E-state index contributed by atoms with van der Waals surface area (Å²) in [5.41, 5.74) is 4.58. The number of piperidine rings is 1. The summed E-state index contributed by atoms with van der Waals surface area (Å²) in [6, 6.07) is 11.7. The molecule has 1 amide bonds. The van der Waals surface area contributed by atoms with Gasteiger partial charge in [-0.05, 0) is 82.2 Å². The third-order valence-corrected chi connectivity index (χ3v) is 8.97. The Labute approximate surface area is 252 Å². The van der Waals surface area contributed by atoms with Crippen LogP contribution in [0.5, 0.6) is 5.75 Å². The van der Waals surface area contributed by atoms with Crippen molar-refractivity contribution in [3.8, 4) is 11.4 Å². The van der Waals surface area contributed by atoms with Crippen molar-refractivity contribution < 1.29 is 9.53 Å². The molecule has 6 heterocycles. The largest absolute Gasteiger partial charge is 0.482 e. The summed E-state index contributed by atoms with van der Waals surface area (Å²) in [6.45, 7) is 3.17. The summed E-state index contributed by atoms with van der Waals surface area (Å²) in [5.74, 6) is 1.41. The zero-order valence-electron chi connectivity index (χ0n) is 24.5. The molecule has 0 saturated carbocycles. The van der Waals surface area contributed by atoms with Gasteiger partial charge >= 0.3 is 0 Å². The van der Waals surface area contributed by atoms with Gasteiger partial charge in [0.2, 0.25) is 5.95 Å². The molecule has 2 N–H and O–H groups in total. The number of carbonyl (C=O) groups is 1. The number of amides is 1. The summed E-state index contributed by atoms with van der Waals surface area (Å²) >= 11 is 0. The van der Waals surface area contributed by atoms with Crippen molar-refractivity contribution >= 4 is 45.2 Å². The van der Waals surface area contributed by atoms with Crippen LogP contribution in [0.4, 0.5) is 17.3 Å². The van der Waals surface area contributed by atoms with Crippen molar-refractivity contribution in [3.63, 3.8) is 0 Å². The number of rotatable bonds is 3. The number of benzene rings is 2. The minimum Gasteiger partial charge on any atom is -0.482 e. The van der Waals surface area contributed by atoms with E-state index in [4.69, 9.17) is 9.72 Å². The van der Waals surface area contributed by atoms with E-state index in [1.54, 1.807) is 20.5 Å². The van der Waals surface area contributed by atoms with Crippen LogP contribution in [-0.4, -0.2) is 73.6 Å². The fraction of sp³-hybridized carbons (Fsp3) is 0.344. The lowest BCUT2D eigenvalue weighted by Crippen LogP contribution is -2.39. The molecule has 44 heavy (non-hydrogen) atoms. The predicted molar refractivity (Wildman–Crippen MR) is 168 cm³/mol. The van der Waals surface area contributed by atoms with Crippen molar-refractivity contribution in [2.45, 2.75) is 38.1 Å². The van der Waals surface area contributed by atoms with Gasteiger partial charge in [-0.1, -0.05) is 12.2 Å². The third kappa shape index (κ3) is 4.53. The minimum absolute atomic E-state index is 0.0190. The second-order valence-electron chi connectivity index (χ2n) is 11.8. The Kier molecular flexibility index (Phi) is 6.44. The van der Waals surface area contributed by atoms with Crippen LogP contribution in [0.1, 0.15) is 37.3 Å². The molecule has 224 valence electrons. The lowest BCUT2D eigenvalue weighted by molar-refractivity contribution is -0.121. The lowest BCUT2D eigenvalue weighted by atomic mass is 9.92. The number of anilines is 3. The average Bonchev–Trinajstić information content (AvgIpc) is 3.57. The van der Waals surface area contributed by atoms with Crippen molar-refractivity contribution in [1.29, 1.82) is 0 Å². The zero-order chi connectivity index (χ0) is 29.8. The number of H-pyrrole nitrogens is 1. The van der Waals surface area contributed by atoms with Gasteiger partial charge in [0, 0.05) is 35.4 Å². The van der Waals surface area contributed by atoms with Crippen LogP contribution in [0.15, 0.2) is 59.5 Å². The van der Waals surface area contributed by atoms with Gasteiger partial charge in [0.05, 0.1) is 23.4 Å². The quantitative estimate of drug-likeness (QED) is 0.301. The van der Waals surface area contributed by atoms with Gasteiger partial charge in [-0.15, -0.1) is 0 Å². The van der Waals surface area contributed by atoms with Gasteiger partial charge in [0.1, 0.15) is 11.1 Å². The summed E-state index contributed by atoms with van der Waals surface area (Å²) < 4.78 is 9.18. The lowest BCUT2D eigenvalue weighted by Gasteiger charge is -2.30. The number of nitrogens with one attached hydrogen (secondary N) is 2. The molecule has 5 aromatic rings. The Morgan fingerprint density at radius 1 is 1.02 bits per heavy atom. The maximum atomic E-state index is 13.6. The van der Waals surface area contributed by atoms with Crippen LogP contribution in [0, 0.1) is 0 Å². The third-order valence-electron chi connectivity index (χ3n) is 8.97. The molecule has 0 atom stereocenters. The summed E-state index contributed by atoms with van der Waals surface area (Å²) in [5, 5.41) is 12.8. The molecule has 0 unspecified atom stereocenters. The smallest absolute Gasteiger partial charge is 0.278 e. The molecule has 8 rings (SSSR count). The number of aromatic nitrogens is 6. The first kappa shape index (κ1) is 26.6. The molecule has 1 fully saturated rings. The number of nitrogens with zero attached hydrogens (tertiary/aromatic N) is 7. The van der Waals surface area contributed by atoms with Gasteiger partial charge in [-0.2, -0.15) is 10.1 Å². The first-order chi connectivity index (χ1) is 21.5. The van der Waals surface area contributed by atoms with Crippen LogP contribution in [0.3, 0.4) is 0 Å². The monoisotopic (exact) mass is 591 g/mol. The highest BCUT2D eigenvalue weighted by molar-refractivity contribution is 5.98. The molecule has 3 aliphatic heterocycles. The van der Waals surface area contributed by atoms with Gasteiger partial charge < -0.3 is 19.9 Å². The molecule has 12 heteroatoms. The van der Waals surface area contributed by atoms with Crippen molar-refractivity contribution in [2.75, 3.05) is 43.5 Å². The number of carbonyl (C=O) groups excluding carboxylic acids is 1. The standard InChI is InChI=1S/C32H33N9O3/c1-38-14-10-20(11-15-38)29-23-8-6-21(16-25(23)36-37-29)34-32-33-18-24-30(35-32)41-22-7-9-27-26(17-22)39(28(42)19-44-27)12-4-2-3-5-13-40(41)31(24)43/h3,5-9,16-18,20H,2,4,10-15,19H2,1H3,(H,36,37)(H,33,34,35). The van der Waals surface area contributed by atoms with Crippen LogP contribution in [0.2, 0.25) is 0 Å². The maximum absolute atomic E-state index is 13.6. The van der Waals surface area contributed by atoms with Crippen LogP contribution in [-0.2, 0) is 11.3 Å². The fourth-order valence-electron chi connectivity index (χ4n) is 6.59. The van der Waals surface area contributed by atoms with E-state index in [-0.39, 0.29) is 18.1 Å². The SMILES string of the molecule is CN1CCC(c2[nH]nc3cc(Nc4ncc5c(=O)n6n(c5n4)-c4ccc5c(c4)N(CCCC=CC6)C(=O)CO5)ccc23)CC1. The van der Waals surface area contributed by atoms with Crippen molar-refractivity contribution in [2.24, 2.45) is 0 Å². The molecule has 3 aromatic heterocycles. The van der Waals surface area contributed by atoms with E-state index in [9.17, 15) is 9.59 Å². The summed E-state index contributed by atoms with van der Waals surface area (Å²) in [7, 11) is 2.17. The van der Waals surface area contributed by atoms with E-state index < -0.39 is 0 Å². The molecule has 0 radical (unpaired) electrons. The average molecular weight is 592 g/mol. The summed E-state index contributed by atoms with van der Waals surface area (Å²) in [4.78, 5) is 39.9. The van der Waals surface area contributed by atoms with Gasteiger partial charge in [0.25, 0.3) is 11.5 Å². The highest BCUT2D eigenvalue weighted by Crippen LogP contribution is 2.36. The number of aromatic amines is 1. The van der Waals surface area contributed by atoms with E-state index in [1.165, 1.54) is 5.69 Å². The molecular formula is C32H33N9O3. The van der Waals surface area contributed by atoms with Crippen LogP contribution >= 0.6 is 0 Å². The first-order valence-corrected chi connectivity index (χ1v) is 15.2. The topological polar surface area (TPSA) is 126 Å². The molecule has 2 aromatic carbocycles. The molecule has 3 aliphatic rings. The van der Waals surface area contributed by atoms with E-state index in [0.29, 0.717) is 53.1 Å². The highest BCUT2D eigenvalue weighted by atomic mass is 16.5. The number of fused-ring (bicyclic) bond motifs is 6. The zero-order valence-corrected chi connectivity index (χ0v) is 24.5. The first-order valence-electron chi connectivity index (χ1n) is 15.2. The van der Waals surface area contributed by atoms with E-state index in [2.05, 4.69) is 44.6 Å². The Balaban J connectivity index is 1.18. The second kappa shape index (κ2) is 10.6. The molecule has 2 bridgehead atoms. The molecule has 0 spiro atoms. The highest BCUT2D eigenvalue weighted by Gasteiger charge is 2.27. The van der Waals surface area contributed by atoms with Gasteiger partial charge in [0.15, 0.2) is 12.3 Å². The second-order valence-corrected chi connectivity index (χ2v) is 11.8. The van der Waals surface area contributed by atoms with Crippen molar-refractivity contribution in [1.82, 2.24) is 34.4 Å². The van der Waals surface area contributed by atoms with Gasteiger partial charge in [-0.25, -0.2) is 14.3 Å². The Hall–Kier alpha value is -4.97. The fourth-order valence-corrected chi connectivity index (χ4v) is 6.59. The molecular weight excluding hydrogens is 558 g/mol. The van der Waals surface area contributed by atoms with E-state index in [1.807, 2.05) is 36.4 Å². The molecule has 1 saturated heterocycles.